The number of amides is 1. The van der Waals surface area contributed by atoms with Gasteiger partial charge in [-0.1, -0.05) is 35.3 Å². The Labute approximate surface area is 216 Å². The van der Waals surface area contributed by atoms with Crippen LogP contribution < -0.4 is 14.8 Å². The van der Waals surface area contributed by atoms with Gasteiger partial charge >= 0.3 is 0 Å². The minimum absolute atomic E-state index is 0.0799. The molecule has 3 aromatic carbocycles. The molecule has 0 unspecified atom stereocenters. The van der Waals surface area contributed by atoms with E-state index in [0.717, 1.165) is 12.1 Å². The summed E-state index contributed by atoms with van der Waals surface area (Å²) >= 11 is 12.4. The smallest absolute Gasteiger partial charge is 0.273 e. The molecule has 0 spiro atoms. The monoisotopic (exact) mass is 527 g/mol. The molecule has 0 aliphatic heterocycles. The van der Waals surface area contributed by atoms with Crippen LogP contribution in [0, 0.1) is 21.4 Å². The topological polar surface area (TPSA) is 135 Å². The number of hydrogen-bond acceptors (Lipinski definition) is 7. The number of anilines is 1. The van der Waals surface area contributed by atoms with Gasteiger partial charge in [-0.05, 0) is 48.9 Å². The zero-order valence-corrected chi connectivity index (χ0v) is 20.3. The molecule has 2 N–H and O–H groups in total. The zero-order chi connectivity index (χ0) is 26.2. The number of carbonyl (C=O) groups is 1. The van der Waals surface area contributed by atoms with Crippen molar-refractivity contribution >= 4 is 46.6 Å². The lowest BCUT2D eigenvalue weighted by Gasteiger charge is -2.14. The predicted molar refractivity (Wildman–Crippen MR) is 135 cm³/mol. The van der Waals surface area contributed by atoms with Crippen molar-refractivity contribution in [2.75, 3.05) is 11.9 Å². The van der Waals surface area contributed by atoms with Gasteiger partial charge in [-0.25, -0.2) is 0 Å². The fourth-order valence-corrected chi connectivity index (χ4v) is 3.57. The Morgan fingerprint density at radius 3 is 2.47 bits per heavy atom. The molecule has 0 bridgehead atoms. The van der Waals surface area contributed by atoms with Gasteiger partial charge in [-0.2, -0.15) is 5.26 Å². The van der Waals surface area contributed by atoms with Crippen molar-refractivity contribution < 1.29 is 24.3 Å². The first-order valence-corrected chi connectivity index (χ1v) is 11.2. The number of rotatable bonds is 9. The second-order valence-corrected chi connectivity index (χ2v) is 8.02. The minimum atomic E-state index is -0.812. The van der Waals surface area contributed by atoms with Crippen LogP contribution in [-0.4, -0.2) is 22.5 Å². The van der Waals surface area contributed by atoms with Crippen LogP contribution >= 0.6 is 23.2 Å². The first-order valence-electron chi connectivity index (χ1n) is 10.5. The zero-order valence-electron chi connectivity index (χ0n) is 18.8. The van der Waals surface area contributed by atoms with Crippen molar-refractivity contribution in [1.82, 2.24) is 0 Å². The number of non-ortho nitro benzene ring substituents is 1. The van der Waals surface area contributed by atoms with Gasteiger partial charge in [0.15, 0.2) is 11.5 Å². The van der Waals surface area contributed by atoms with Gasteiger partial charge in [0.1, 0.15) is 24.0 Å². The summed E-state index contributed by atoms with van der Waals surface area (Å²) in [6, 6.07) is 15.0. The van der Waals surface area contributed by atoms with E-state index < -0.39 is 16.6 Å². The highest BCUT2D eigenvalue weighted by atomic mass is 35.5. The lowest BCUT2D eigenvalue weighted by atomic mass is 10.1. The summed E-state index contributed by atoms with van der Waals surface area (Å²) in [6.07, 6.45) is 1.33. The molecule has 1 amide bonds. The van der Waals surface area contributed by atoms with E-state index in [2.05, 4.69) is 5.32 Å². The quantitative estimate of drug-likeness (QED) is 0.112. The third-order valence-corrected chi connectivity index (χ3v) is 5.53. The van der Waals surface area contributed by atoms with E-state index in [1.807, 2.05) is 0 Å². The number of carbonyl (C=O) groups excluding carboxylic acids is 1. The summed E-state index contributed by atoms with van der Waals surface area (Å²) < 4.78 is 11.5. The van der Waals surface area contributed by atoms with Gasteiger partial charge in [0.25, 0.3) is 11.6 Å². The maximum Gasteiger partial charge on any atom is 0.273 e. The second kappa shape index (κ2) is 11.9. The maximum atomic E-state index is 12.6. The van der Waals surface area contributed by atoms with Gasteiger partial charge < -0.3 is 19.9 Å². The Balaban J connectivity index is 1.81. The Hall–Kier alpha value is -4.26. The Morgan fingerprint density at radius 1 is 1.14 bits per heavy atom. The summed E-state index contributed by atoms with van der Waals surface area (Å²) in [5, 5.41) is 33.6. The van der Waals surface area contributed by atoms with Crippen LogP contribution in [0.25, 0.3) is 6.08 Å². The van der Waals surface area contributed by atoms with Gasteiger partial charge in [0.2, 0.25) is 0 Å². The number of benzene rings is 3. The summed E-state index contributed by atoms with van der Waals surface area (Å²) in [4.78, 5) is 22.7. The van der Waals surface area contributed by atoms with E-state index in [-0.39, 0.29) is 23.6 Å². The third-order valence-electron chi connectivity index (χ3n) is 4.82. The fraction of sp³-hybridized carbons (Fsp3) is 0.120. The number of nitro groups is 1. The van der Waals surface area contributed by atoms with Crippen LogP contribution in [-0.2, 0) is 11.4 Å². The molecule has 0 aliphatic rings. The minimum Gasteiger partial charge on any atom is -0.506 e. The normalized spacial score (nSPS) is 10.9. The van der Waals surface area contributed by atoms with Crippen molar-refractivity contribution in [2.24, 2.45) is 0 Å². The highest BCUT2D eigenvalue weighted by Crippen LogP contribution is 2.33. The number of aromatic hydroxyl groups is 1. The van der Waals surface area contributed by atoms with E-state index in [9.17, 15) is 25.3 Å². The molecule has 0 saturated heterocycles. The van der Waals surface area contributed by atoms with Crippen molar-refractivity contribution in [3.8, 4) is 23.3 Å². The number of nitrogens with zero attached hydrogens (tertiary/aromatic N) is 2. The van der Waals surface area contributed by atoms with Crippen molar-refractivity contribution in [3.63, 3.8) is 0 Å². The average Bonchev–Trinajstić information content (AvgIpc) is 2.84. The number of ether oxygens (including phenoxy) is 2. The highest BCUT2D eigenvalue weighted by molar-refractivity contribution is 6.35. The molecule has 184 valence electrons. The molecule has 3 aromatic rings. The van der Waals surface area contributed by atoms with E-state index in [1.54, 1.807) is 49.4 Å². The maximum absolute atomic E-state index is 12.6. The number of phenols is 1. The molecular weight excluding hydrogens is 509 g/mol. The SMILES string of the molecule is CCOc1cc(/C=C(/C#N)C(=O)Nc2ccc([N+](=O)[O-])cc2O)ccc1OCc1c(Cl)cccc1Cl. The van der Waals surface area contributed by atoms with Crippen LogP contribution in [0.1, 0.15) is 18.1 Å². The van der Waals surface area contributed by atoms with E-state index in [0.29, 0.717) is 39.3 Å². The number of nitriles is 1. The number of halogens is 2. The number of nitrogens with one attached hydrogen (secondary N) is 1. The lowest BCUT2D eigenvalue weighted by Crippen LogP contribution is -2.13. The number of phenolic OH excluding ortho intramolecular Hbond substituents is 1. The highest BCUT2D eigenvalue weighted by Gasteiger charge is 2.16. The Bertz CT molecular complexity index is 1360. The lowest BCUT2D eigenvalue weighted by molar-refractivity contribution is -0.384. The Kier molecular flexibility index (Phi) is 8.73. The van der Waals surface area contributed by atoms with Crippen LogP contribution in [0.3, 0.4) is 0 Å². The van der Waals surface area contributed by atoms with Crippen molar-refractivity contribution in [1.29, 1.82) is 5.26 Å². The van der Waals surface area contributed by atoms with E-state index in [1.165, 1.54) is 12.1 Å². The number of nitro benzene ring substituents is 1. The van der Waals surface area contributed by atoms with Crippen molar-refractivity contribution in [2.45, 2.75) is 13.5 Å². The van der Waals surface area contributed by atoms with Crippen molar-refractivity contribution in [3.05, 3.63) is 91.5 Å². The molecule has 0 saturated carbocycles. The van der Waals surface area contributed by atoms with Crippen LogP contribution in [0.5, 0.6) is 17.2 Å². The summed E-state index contributed by atoms with van der Waals surface area (Å²) in [7, 11) is 0. The first-order chi connectivity index (χ1) is 17.2. The van der Waals surface area contributed by atoms with E-state index >= 15 is 0 Å². The van der Waals surface area contributed by atoms with Crippen LogP contribution in [0.15, 0.2) is 60.2 Å². The molecule has 0 aliphatic carbocycles. The molecule has 3 rings (SSSR count). The summed E-state index contributed by atoms with van der Waals surface area (Å²) in [6.45, 7) is 2.22. The predicted octanol–water partition coefficient (Wildman–Crippen LogP) is 6.13. The van der Waals surface area contributed by atoms with Gasteiger partial charge in [0.05, 0.1) is 23.3 Å². The molecule has 0 heterocycles. The second-order valence-electron chi connectivity index (χ2n) is 7.21. The molecule has 0 radical (unpaired) electrons. The van der Waals surface area contributed by atoms with Gasteiger partial charge in [-0.3, -0.25) is 14.9 Å². The summed E-state index contributed by atoms with van der Waals surface area (Å²) in [5.41, 5.74) is 0.394. The Morgan fingerprint density at radius 2 is 1.86 bits per heavy atom. The third kappa shape index (κ3) is 6.44. The first kappa shape index (κ1) is 26.3. The van der Waals surface area contributed by atoms with E-state index in [4.69, 9.17) is 32.7 Å². The van der Waals surface area contributed by atoms with Crippen LogP contribution in [0.4, 0.5) is 11.4 Å². The molecule has 9 nitrogen and oxygen atoms in total. The molecule has 0 fully saturated rings. The molecule has 0 atom stereocenters. The molecule has 11 heteroatoms. The number of hydrogen-bond donors (Lipinski definition) is 2. The summed E-state index contributed by atoms with van der Waals surface area (Å²) in [5.74, 6) is -0.536. The standard InChI is InChI=1S/C25H19Cl2N3O6/c1-2-35-24-11-15(6-9-23(24)36-14-18-19(26)4-3-5-20(18)27)10-16(13-28)25(32)29-21-8-7-17(30(33)34)12-22(21)31/h3-12,31H,2,14H2,1H3,(H,29,32)/b16-10-. The largest absolute Gasteiger partial charge is 0.506 e. The molecule has 36 heavy (non-hydrogen) atoms. The van der Waals surface area contributed by atoms with Gasteiger partial charge in [0, 0.05) is 21.7 Å². The van der Waals surface area contributed by atoms with Gasteiger partial charge in [-0.15, -0.1) is 0 Å². The molecule has 0 aromatic heterocycles. The average molecular weight is 528 g/mol. The fourth-order valence-electron chi connectivity index (χ4n) is 3.07. The van der Waals surface area contributed by atoms with Crippen LogP contribution in [0.2, 0.25) is 10.0 Å². The molecular formula is C25H19Cl2N3O6.